The Morgan fingerprint density at radius 2 is 1.88 bits per heavy atom. The molecule has 0 radical (unpaired) electrons. The van der Waals surface area contributed by atoms with Gasteiger partial charge in [-0.3, -0.25) is 4.79 Å². The second-order valence-electron chi connectivity index (χ2n) is 9.50. The molecule has 170 valence electrons. The first-order valence-electron chi connectivity index (χ1n) is 12.2. The second kappa shape index (κ2) is 9.42. The Labute approximate surface area is 204 Å². The third-order valence-electron chi connectivity index (χ3n) is 7.38. The third kappa shape index (κ3) is 4.26. The molecule has 0 spiro atoms. The number of carbonyl (C=O) groups excluding carboxylic acids is 1. The number of rotatable bonds is 5. The standard InChI is InChI=1S/C29H31BrN2O/c1-3-7-27-29(30)25(22-14-12-20(13-15-22)19(2)33)17-28-26(18-31-32(27)28)24-11-6-10-21-8-4-5-9-23(21)16-24/h4-5,8-11,16-18,20,22H,3,6-7,12-15H2,1-2H3. The highest BCUT2D eigenvalue weighted by Gasteiger charge is 2.28. The van der Waals surface area contributed by atoms with E-state index in [-0.39, 0.29) is 5.92 Å². The maximum absolute atomic E-state index is 11.9. The van der Waals surface area contributed by atoms with E-state index in [1.165, 1.54) is 42.8 Å². The minimum Gasteiger partial charge on any atom is -0.300 e. The number of nitrogens with zero attached hydrogens (tertiary/aromatic N) is 2. The molecule has 0 aliphatic heterocycles. The number of hydrogen-bond acceptors (Lipinski definition) is 2. The lowest BCUT2D eigenvalue weighted by Crippen LogP contribution is -2.22. The fraction of sp³-hybridized carbons (Fsp3) is 0.379. The van der Waals surface area contributed by atoms with Crippen LogP contribution < -0.4 is 10.4 Å². The van der Waals surface area contributed by atoms with E-state index in [4.69, 9.17) is 5.10 Å². The van der Waals surface area contributed by atoms with Crippen molar-refractivity contribution in [1.29, 1.82) is 0 Å². The van der Waals surface area contributed by atoms with Gasteiger partial charge in [0.05, 0.1) is 17.4 Å². The summed E-state index contributed by atoms with van der Waals surface area (Å²) in [6.07, 6.45) is 16.1. The quantitative estimate of drug-likeness (QED) is 0.431. The molecule has 1 fully saturated rings. The molecule has 2 aliphatic rings. The van der Waals surface area contributed by atoms with Crippen LogP contribution in [-0.4, -0.2) is 15.4 Å². The van der Waals surface area contributed by atoms with E-state index in [1.54, 1.807) is 6.92 Å². The number of pyridine rings is 1. The molecule has 0 unspecified atom stereocenters. The van der Waals surface area contributed by atoms with Gasteiger partial charge in [-0.15, -0.1) is 0 Å². The van der Waals surface area contributed by atoms with E-state index in [1.807, 2.05) is 6.20 Å². The minimum atomic E-state index is 0.242. The Hall–Kier alpha value is -2.46. The molecule has 1 aromatic carbocycles. The highest BCUT2D eigenvalue weighted by Crippen LogP contribution is 2.41. The van der Waals surface area contributed by atoms with Crippen LogP contribution in [0.4, 0.5) is 0 Å². The topological polar surface area (TPSA) is 34.4 Å². The lowest BCUT2D eigenvalue weighted by atomic mass is 9.77. The molecule has 0 amide bonds. The number of allylic oxidation sites excluding steroid dienone is 2. The number of halogens is 1. The molecule has 4 heteroatoms. The summed E-state index contributed by atoms with van der Waals surface area (Å²) in [7, 11) is 0. The smallest absolute Gasteiger partial charge is 0.132 e. The molecule has 2 aliphatic carbocycles. The molecule has 0 saturated heterocycles. The van der Waals surface area contributed by atoms with Gasteiger partial charge in [0.2, 0.25) is 0 Å². The van der Waals surface area contributed by atoms with E-state index in [9.17, 15) is 4.79 Å². The molecule has 0 bridgehead atoms. The predicted molar refractivity (Wildman–Crippen MR) is 139 cm³/mol. The summed E-state index contributed by atoms with van der Waals surface area (Å²) in [5, 5.41) is 7.40. The SMILES string of the molecule is CCCc1c(Br)c(C2CCC(C(C)=O)CC2)cc2c(C3=CCC=c4ccccc4=C3)cnn12. The van der Waals surface area contributed by atoms with Gasteiger partial charge in [0, 0.05) is 16.0 Å². The molecule has 2 heterocycles. The van der Waals surface area contributed by atoms with Crippen molar-refractivity contribution in [2.24, 2.45) is 5.92 Å². The molecule has 0 atom stereocenters. The van der Waals surface area contributed by atoms with Gasteiger partial charge in [0.15, 0.2) is 0 Å². The molecule has 3 nitrogen and oxygen atoms in total. The number of benzene rings is 1. The first-order valence-corrected chi connectivity index (χ1v) is 13.0. The number of fused-ring (bicyclic) bond motifs is 2. The van der Waals surface area contributed by atoms with Crippen LogP contribution in [0.25, 0.3) is 23.2 Å². The lowest BCUT2D eigenvalue weighted by Gasteiger charge is -2.29. The van der Waals surface area contributed by atoms with Gasteiger partial charge >= 0.3 is 0 Å². The molecule has 5 rings (SSSR count). The number of ketones is 1. The number of carbonyl (C=O) groups is 1. The Morgan fingerprint density at radius 1 is 1.12 bits per heavy atom. The van der Waals surface area contributed by atoms with Crippen molar-refractivity contribution in [2.75, 3.05) is 0 Å². The van der Waals surface area contributed by atoms with Crippen molar-refractivity contribution in [2.45, 2.75) is 64.7 Å². The fourth-order valence-electron chi connectivity index (χ4n) is 5.52. The van der Waals surface area contributed by atoms with Crippen LogP contribution in [0.3, 0.4) is 0 Å². The monoisotopic (exact) mass is 502 g/mol. The minimum absolute atomic E-state index is 0.242. The lowest BCUT2D eigenvalue weighted by molar-refractivity contribution is -0.121. The molecule has 1 saturated carbocycles. The average molecular weight is 503 g/mol. The van der Waals surface area contributed by atoms with E-state index >= 15 is 0 Å². The highest BCUT2D eigenvalue weighted by atomic mass is 79.9. The van der Waals surface area contributed by atoms with Gasteiger partial charge in [-0.05, 0) is 101 Å². The molecule has 33 heavy (non-hydrogen) atoms. The largest absolute Gasteiger partial charge is 0.300 e. The Morgan fingerprint density at radius 3 is 2.61 bits per heavy atom. The summed E-state index contributed by atoms with van der Waals surface area (Å²) in [5.74, 6) is 1.08. The van der Waals surface area contributed by atoms with Crippen LogP contribution in [0.2, 0.25) is 0 Å². The number of Topliss-reactive ketones (excluding diaryl/α,β-unsaturated/α-hetero) is 1. The molecule has 2 aromatic heterocycles. The van der Waals surface area contributed by atoms with Crippen molar-refractivity contribution in [3.8, 4) is 0 Å². The molecule has 3 aromatic rings. The normalized spacial score (nSPS) is 20.4. The van der Waals surface area contributed by atoms with Crippen LogP contribution in [0.1, 0.15) is 75.1 Å². The Kier molecular flexibility index (Phi) is 6.38. The van der Waals surface area contributed by atoms with Gasteiger partial charge in [-0.1, -0.05) is 49.8 Å². The van der Waals surface area contributed by atoms with E-state index < -0.39 is 0 Å². The summed E-state index contributed by atoms with van der Waals surface area (Å²) in [6, 6.07) is 10.9. The average Bonchev–Trinajstić information content (AvgIpc) is 3.12. The Bertz CT molecular complexity index is 1360. The van der Waals surface area contributed by atoms with Crippen LogP contribution in [0, 0.1) is 5.92 Å². The molecule has 0 N–H and O–H groups in total. The van der Waals surface area contributed by atoms with Crippen molar-refractivity contribution in [3.05, 3.63) is 74.3 Å². The first-order chi connectivity index (χ1) is 16.1. The molecular formula is C29H31BrN2O. The van der Waals surface area contributed by atoms with Gasteiger partial charge in [0.1, 0.15) is 5.78 Å². The van der Waals surface area contributed by atoms with E-state index in [2.05, 4.69) is 75.9 Å². The fourth-order valence-corrected chi connectivity index (χ4v) is 6.32. The number of aryl methyl sites for hydroxylation is 1. The first kappa shape index (κ1) is 22.3. The maximum atomic E-state index is 11.9. The van der Waals surface area contributed by atoms with Crippen LogP contribution in [0.5, 0.6) is 0 Å². The number of hydrogen-bond donors (Lipinski definition) is 0. The summed E-state index contributed by atoms with van der Waals surface area (Å²) < 4.78 is 3.35. The molecular weight excluding hydrogens is 472 g/mol. The summed E-state index contributed by atoms with van der Waals surface area (Å²) >= 11 is 3.97. The predicted octanol–water partition coefficient (Wildman–Crippen LogP) is 5.96. The summed E-state index contributed by atoms with van der Waals surface area (Å²) in [4.78, 5) is 11.9. The van der Waals surface area contributed by atoms with Crippen LogP contribution in [0.15, 0.2) is 47.1 Å². The van der Waals surface area contributed by atoms with Gasteiger partial charge in [-0.2, -0.15) is 5.10 Å². The van der Waals surface area contributed by atoms with E-state index in [0.29, 0.717) is 11.7 Å². The van der Waals surface area contributed by atoms with Crippen LogP contribution in [-0.2, 0) is 11.2 Å². The summed E-state index contributed by atoms with van der Waals surface area (Å²) in [6.45, 7) is 3.97. The zero-order valence-electron chi connectivity index (χ0n) is 19.5. The zero-order chi connectivity index (χ0) is 22.9. The third-order valence-corrected chi connectivity index (χ3v) is 8.30. The number of aromatic nitrogens is 2. The van der Waals surface area contributed by atoms with Gasteiger partial charge in [0.25, 0.3) is 0 Å². The van der Waals surface area contributed by atoms with Crippen molar-refractivity contribution in [1.82, 2.24) is 9.61 Å². The maximum Gasteiger partial charge on any atom is 0.132 e. The van der Waals surface area contributed by atoms with Crippen molar-refractivity contribution >= 4 is 45.0 Å². The van der Waals surface area contributed by atoms with E-state index in [0.717, 1.165) is 44.9 Å². The van der Waals surface area contributed by atoms with Gasteiger partial charge < -0.3 is 0 Å². The summed E-state index contributed by atoms with van der Waals surface area (Å²) in [5.41, 5.74) is 6.26. The Balaban J connectivity index is 1.62. The van der Waals surface area contributed by atoms with Crippen molar-refractivity contribution < 1.29 is 4.79 Å². The van der Waals surface area contributed by atoms with Crippen molar-refractivity contribution in [3.63, 3.8) is 0 Å². The van der Waals surface area contributed by atoms with Gasteiger partial charge in [-0.25, -0.2) is 4.52 Å². The second-order valence-corrected chi connectivity index (χ2v) is 10.3. The zero-order valence-corrected chi connectivity index (χ0v) is 21.1. The highest BCUT2D eigenvalue weighted by molar-refractivity contribution is 9.10. The van der Waals surface area contributed by atoms with Crippen LogP contribution >= 0.6 is 15.9 Å².